The first-order valence-electron chi connectivity index (χ1n) is 4.17. The van der Waals surface area contributed by atoms with Gasteiger partial charge < -0.3 is 0 Å². The van der Waals surface area contributed by atoms with Crippen LogP contribution >= 0.6 is 11.3 Å². The van der Waals surface area contributed by atoms with E-state index in [4.69, 9.17) is 0 Å². The Morgan fingerprint density at radius 1 is 1.55 bits per heavy atom. The summed E-state index contributed by atoms with van der Waals surface area (Å²) in [6.45, 7) is 7.08. The highest BCUT2D eigenvalue weighted by Gasteiger charge is 2.36. The summed E-state index contributed by atoms with van der Waals surface area (Å²) in [6.07, 6.45) is 1.28. The Morgan fingerprint density at radius 3 is 2.91 bits per heavy atom. The summed E-state index contributed by atoms with van der Waals surface area (Å²) >= 11 is 1.92. The summed E-state index contributed by atoms with van der Waals surface area (Å²) in [4.78, 5) is 1.61. The lowest BCUT2D eigenvalue weighted by atomic mass is 9.81. The molecule has 0 bridgehead atoms. The fourth-order valence-corrected chi connectivity index (χ4v) is 3.08. The Morgan fingerprint density at radius 2 is 2.27 bits per heavy atom. The molecule has 0 spiro atoms. The lowest BCUT2D eigenvalue weighted by Gasteiger charge is -2.23. The smallest absolute Gasteiger partial charge is 0.00856 e. The highest BCUT2D eigenvalue weighted by Crippen LogP contribution is 2.48. The van der Waals surface area contributed by atoms with Crippen molar-refractivity contribution >= 4 is 11.3 Å². The standard InChI is InChI=1S/C10H14S/c1-7-8-4-5-11-9(8)6-10(7,2)3/h4-5,7H,6H2,1-3H3/t7-/m0/s1. The molecule has 2 rings (SSSR count). The van der Waals surface area contributed by atoms with Gasteiger partial charge in [0.05, 0.1) is 0 Å². The Labute approximate surface area is 72.3 Å². The minimum Gasteiger partial charge on any atom is -0.149 e. The topological polar surface area (TPSA) is 0 Å². The SMILES string of the molecule is C[C@H]1c2ccsc2CC1(C)C. The largest absolute Gasteiger partial charge is 0.149 e. The maximum Gasteiger partial charge on any atom is 0.00856 e. The van der Waals surface area contributed by atoms with Crippen LogP contribution in [0.15, 0.2) is 11.4 Å². The van der Waals surface area contributed by atoms with Crippen LogP contribution in [-0.4, -0.2) is 0 Å². The Hall–Kier alpha value is -0.300. The molecule has 0 aliphatic heterocycles. The maximum absolute atomic E-state index is 2.37. The molecule has 1 atom stereocenters. The quantitative estimate of drug-likeness (QED) is 0.554. The Kier molecular flexibility index (Phi) is 1.40. The van der Waals surface area contributed by atoms with Crippen molar-refractivity contribution in [2.75, 3.05) is 0 Å². The molecular weight excluding hydrogens is 152 g/mol. The monoisotopic (exact) mass is 166 g/mol. The second-order valence-electron chi connectivity index (χ2n) is 4.19. The molecule has 1 heteroatoms. The molecule has 1 aliphatic carbocycles. The van der Waals surface area contributed by atoms with Gasteiger partial charge in [0.25, 0.3) is 0 Å². The molecule has 0 fully saturated rings. The van der Waals surface area contributed by atoms with Gasteiger partial charge in [-0.3, -0.25) is 0 Å². The average Bonchev–Trinajstić information content (AvgIpc) is 2.39. The van der Waals surface area contributed by atoms with Crippen LogP contribution in [0.4, 0.5) is 0 Å². The van der Waals surface area contributed by atoms with Crippen molar-refractivity contribution in [3.05, 3.63) is 21.9 Å². The summed E-state index contributed by atoms with van der Waals surface area (Å²) < 4.78 is 0. The highest BCUT2D eigenvalue weighted by atomic mass is 32.1. The van der Waals surface area contributed by atoms with Gasteiger partial charge in [-0.1, -0.05) is 20.8 Å². The van der Waals surface area contributed by atoms with E-state index < -0.39 is 0 Å². The van der Waals surface area contributed by atoms with Crippen LogP contribution in [0.25, 0.3) is 0 Å². The zero-order valence-corrected chi connectivity index (χ0v) is 8.16. The zero-order chi connectivity index (χ0) is 8.06. The first-order chi connectivity index (χ1) is 5.11. The van der Waals surface area contributed by atoms with Crippen LogP contribution in [0.1, 0.15) is 37.1 Å². The lowest BCUT2D eigenvalue weighted by Crippen LogP contribution is -2.14. The third kappa shape index (κ3) is 0.943. The van der Waals surface area contributed by atoms with Crippen molar-refractivity contribution in [1.29, 1.82) is 0 Å². The number of fused-ring (bicyclic) bond motifs is 1. The van der Waals surface area contributed by atoms with Gasteiger partial charge in [-0.15, -0.1) is 11.3 Å². The van der Waals surface area contributed by atoms with Crippen LogP contribution in [0, 0.1) is 5.41 Å². The van der Waals surface area contributed by atoms with E-state index in [9.17, 15) is 0 Å². The molecule has 0 radical (unpaired) electrons. The molecule has 0 N–H and O–H groups in total. The first kappa shape index (κ1) is 7.35. The maximum atomic E-state index is 2.37. The molecule has 1 heterocycles. The van der Waals surface area contributed by atoms with Crippen LogP contribution in [0.3, 0.4) is 0 Å². The fourth-order valence-electron chi connectivity index (χ4n) is 1.87. The predicted molar refractivity (Wildman–Crippen MR) is 50.2 cm³/mol. The van der Waals surface area contributed by atoms with E-state index in [0.29, 0.717) is 5.41 Å². The summed E-state index contributed by atoms with van der Waals surface area (Å²) in [5.41, 5.74) is 2.10. The van der Waals surface area contributed by atoms with E-state index >= 15 is 0 Å². The molecule has 0 saturated heterocycles. The zero-order valence-electron chi connectivity index (χ0n) is 7.35. The summed E-state index contributed by atoms with van der Waals surface area (Å²) in [7, 11) is 0. The van der Waals surface area contributed by atoms with Gasteiger partial charge in [0, 0.05) is 4.88 Å². The number of rotatable bonds is 0. The summed E-state index contributed by atoms with van der Waals surface area (Å²) in [5, 5.41) is 2.22. The van der Waals surface area contributed by atoms with Gasteiger partial charge >= 0.3 is 0 Å². The molecule has 0 saturated carbocycles. The van der Waals surface area contributed by atoms with Crippen molar-refractivity contribution in [3.8, 4) is 0 Å². The number of hydrogen-bond donors (Lipinski definition) is 0. The van der Waals surface area contributed by atoms with Crippen LogP contribution in [0.5, 0.6) is 0 Å². The van der Waals surface area contributed by atoms with Crippen molar-refractivity contribution < 1.29 is 0 Å². The van der Waals surface area contributed by atoms with Crippen molar-refractivity contribution in [2.45, 2.75) is 33.1 Å². The van der Waals surface area contributed by atoms with Gasteiger partial charge in [0.15, 0.2) is 0 Å². The van der Waals surface area contributed by atoms with Gasteiger partial charge in [-0.05, 0) is 34.8 Å². The second-order valence-corrected chi connectivity index (χ2v) is 5.19. The highest BCUT2D eigenvalue weighted by molar-refractivity contribution is 7.10. The minimum absolute atomic E-state index is 0.502. The summed E-state index contributed by atoms with van der Waals surface area (Å²) in [6, 6.07) is 2.29. The normalized spacial score (nSPS) is 27.0. The van der Waals surface area contributed by atoms with Crippen molar-refractivity contribution in [3.63, 3.8) is 0 Å². The summed E-state index contributed by atoms with van der Waals surface area (Å²) in [5.74, 6) is 0.753. The number of thiophene rings is 1. The Bertz CT molecular complexity index is 270. The average molecular weight is 166 g/mol. The molecule has 1 aliphatic rings. The molecule has 60 valence electrons. The molecule has 0 amide bonds. The molecule has 0 nitrogen and oxygen atoms in total. The molecule has 11 heavy (non-hydrogen) atoms. The molecule has 0 unspecified atom stereocenters. The van der Waals surface area contributed by atoms with E-state index in [-0.39, 0.29) is 0 Å². The van der Waals surface area contributed by atoms with E-state index in [1.807, 2.05) is 11.3 Å². The van der Waals surface area contributed by atoms with Crippen molar-refractivity contribution in [1.82, 2.24) is 0 Å². The molecule has 1 aromatic heterocycles. The van der Waals surface area contributed by atoms with E-state index in [2.05, 4.69) is 32.2 Å². The number of hydrogen-bond acceptors (Lipinski definition) is 1. The Balaban J connectivity index is 2.45. The first-order valence-corrected chi connectivity index (χ1v) is 5.05. The fraction of sp³-hybridized carbons (Fsp3) is 0.600. The van der Waals surface area contributed by atoms with Gasteiger partial charge in [0.1, 0.15) is 0 Å². The van der Waals surface area contributed by atoms with Crippen molar-refractivity contribution in [2.24, 2.45) is 5.41 Å². The van der Waals surface area contributed by atoms with Gasteiger partial charge in [0.2, 0.25) is 0 Å². The molecule has 0 aromatic carbocycles. The molecular formula is C10H14S. The lowest BCUT2D eigenvalue weighted by molar-refractivity contribution is 0.331. The van der Waals surface area contributed by atoms with E-state index in [0.717, 1.165) is 5.92 Å². The van der Waals surface area contributed by atoms with Crippen LogP contribution in [-0.2, 0) is 6.42 Å². The van der Waals surface area contributed by atoms with Gasteiger partial charge in [-0.2, -0.15) is 0 Å². The van der Waals surface area contributed by atoms with Crippen LogP contribution < -0.4 is 0 Å². The second kappa shape index (κ2) is 2.10. The van der Waals surface area contributed by atoms with Crippen LogP contribution in [0.2, 0.25) is 0 Å². The third-order valence-electron chi connectivity index (χ3n) is 3.03. The van der Waals surface area contributed by atoms with E-state index in [1.165, 1.54) is 6.42 Å². The van der Waals surface area contributed by atoms with E-state index in [1.54, 1.807) is 10.4 Å². The predicted octanol–water partition coefficient (Wildman–Crippen LogP) is 3.43. The molecule has 1 aromatic rings. The third-order valence-corrected chi connectivity index (χ3v) is 3.97. The van der Waals surface area contributed by atoms with Gasteiger partial charge in [-0.25, -0.2) is 0 Å². The minimum atomic E-state index is 0.502.